The summed E-state index contributed by atoms with van der Waals surface area (Å²) in [5.74, 6) is 0. The predicted octanol–water partition coefficient (Wildman–Crippen LogP) is 1.89. The molecular formula is C6H4ClF3N2OS. The maximum atomic E-state index is 12.2. The molecule has 0 aliphatic carbocycles. The van der Waals surface area contributed by atoms with Gasteiger partial charge in [0.25, 0.3) is 0 Å². The van der Waals surface area contributed by atoms with Crippen LogP contribution >= 0.6 is 11.6 Å². The molecule has 0 bridgehead atoms. The van der Waals surface area contributed by atoms with Gasteiger partial charge in [-0.3, -0.25) is 4.21 Å². The van der Waals surface area contributed by atoms with E-state index in [2.05, 4.69) is 9.97 Å². The summed E-state index contributed by atoms with van der Waals surface area (Å²) in [6.45, 7) is 0. The van der Waals surface area contributed by atoms with Crippen LogP contribution in [0.3, 0.4) is 0 Å². The second kappa shape index (κ2) is 3.82. The molecule has 0 N–H and O–H groups in total. The maximum Gasteiger partial charge on any atom is 0.434 e. The van der Waals surface area contributed by atoms with Gasteiger partial charge >= 0.3 is 6.18 Å². The number of hydrogen-bond acceptors (Lipinski definition) is 3. The standard InChI is InChI=1S/C6H4ClF3N2OS/c1-14(13)5-11-2-3(7)4(12-5)6(8,9)10/h2H,1H3/t14-/m1/s1. The SMILES string of the molecule is C[S@@](=O)c1ncc(Cl)c(C(F)(F)F)n1. The number of alkyl halides is 3. The van der Waals surface area contributed by atoms with Crippen molar-refractivity contribution in [2.75, 3.05) is 6.26 Å². The van der Waals surface area contributed by atoms with Gasteiger partial charge in [0.1, 0.15) is 0 Å². The van der Waals surface area contributed by atoms with Gasteiger partial charge < -0.3 is 0 Å². The van der Waals surface area contributed by atoms with Gasteiger partial charge in [-0.05, 0) is 0 Å². The first-order chi connectivity index (χ1) is 6.32. The van der Waals surface area contributed by atoms with Crippen molar-refractivity contribution in [1.82, 2.24) is 9.97 Å². The van der Waals surface area contributed by atoms with E-state index in [1.54, 1.807) is 0 Å². The number of rotatable bonds is 1. The summed E-state index contributed by atoms with van der Waals surface area (Å²) < 4.78 is 47.5. The third-order valence-electron chi connectivity index (χ3n) is 1.25. The smallest absolute Gasteiger partial charge is 0.251 e. The van der Waals surface area contributed by atoms with E-state index in [-0.39, 0.29) is 5.16 Å². The molecule has 0 aromatic carbocycles. The Hall–Kier alpha value is -0.690. The lowest BCUT2D eigenvalue weighted by molar-refractivity contribution is -0.141. The van der Waals surface area contributed by atoms with Gasteiger partial charge in [-0.1, -0.05) is 11.6 Å². The Balaban J connectivity index is 3.29. The van der Waals surface area contributed by atoms with Crippen LogP contribution in [0.5, 0.6) is 0 Å². The minimum atomic E-state index is -4.66. The Morgan fingerprint density at radius 2 is 2.07 bits per heavy atom. The molecule has 14 heavy (non-hydrogen) atoms. The Morgan fingerprint density at radius 1 is 1.50 bits per heavy atom. The molecule has 0 unspecified atom stereocenters. The van der Waals surface area contributed by atoms with Crippen molar-refractivity contribution >= 4 is 22.4 Å². The highest BCUT2D eigenvalue weighted by atomic mass is 35.5. The van der Waals surface area contributed by atoms with E-state index < -0.39 is 27.7 Å². The Bertz CT molecular complexity index is 382. The van der Waals surface area contributed by atoms with Crippen LogP contribution in [0.25, 0.3) is 0 Å². The lowest BCUT2D eigenvalue weighted by Crippen LogP contribution is -2.12. The van der Waals surface area contributed by atoms with E-state index in [0.29, 0.717) is 0 Å². The fourth-order valence-corrected chi connectivity index (χ4v) is 1.31. The van der Waals surface area contributed by atoms with Gasteiger partial charge in [-0.2, -0.15) is 13.2 Å². The predicted molar refractivity (Wildman–Crippen MR) is 44.4 cm³/mol. The summed E-state index contributed by atoms with van der Waals surface area (Å²) in [5.41, 5.74) is -1.26. The summed E-state index contributed by atoms with van der Waals surface area (Å²) in [6, 6.07) is 0. The summed E-state index contributed by atoms with van der Waals surface area (Å²) in [7, 11) is -1.66. The second-order valence-electron chi connectivity index (χ2n) is 2.30. The molecule has 1 atom stereocenters. The van der Waals surface area contributed by atoms with Crippen molar-refractivity contribution in [2.45, 2.75) is 11.3 Å². The lowest BCUT2D eigenvalue weighted by Gasteiger charge is -2.07. The second-order valence-corrected chi connectivity index (χ2v) is 3.98. The molecule has 0 spiro atoms. The minimum Gasteiger partial charge on any atom is -0.251 e. The Morgan fingerprint density at radius 3 is 2.50 bits per heavy atom. The summed E-state index contributed by atoms with van der Waals surface area (Å²) in [4.78, 5) is 6.48. The molecule has 0 aliphatic heterocycles. The van der Waals surface area contributed by atoms with Crippen molar-refractivity contribution in [2.24, 2.45) is 0 Å². The monoisotopic (exact) mass is 244 g/mol. The maximum absolute atomic E-state index is 12.2. The molecule has 0 amide bonds. The van der Waals surface area contributed by atoms with E-state index in [9.17, 15) is 17.4 Å². The van der Waals surface area contributed by atoms with Crippen LogP contribution in [0.4, 0.5) is 13.2 Å². The average molecular weight is 245 g/mol. The molecule has 8 heteroatoms. The van der Waals surface area contributed by atoms with Crippen LogP contribution in [0.1, 0.15) is 5.69 Å². The van der Waals surface area contributed by atoms with Crippen LogP contribution in [0.2, 0.25) is 5.02 Å². The Labute approximate surface area is 84.8 Å². The highest BCUT2D eigenvalue weighted by Gasteiger charge is 2.36. The minimum absolute atomic E-state index is 0.387. The topological polar surface area (TPSA) is 42.9 Å². The van der Waals surface area contributed by atoms with Crippen LogP contribution in [-0.4, -0.2) is 20.4 Å². The first kappa shape index (κ1) is 11.4. The third kappa shape index (κ3) is 2.42. The molecular weight excluding hydrogens is 241 g/mol. The van der Waals surface area contributed by atoms with Crippen LogP contribution in [-0.2, 0) is 17.0 Å². The molecule has 1 rings (SSSR count). The third-order valence-corrected chi connectivity index (χ3v) is 2.24. The highest BCUT2D eigenvalue weighted by molar-refractivity contribution is 7.84. The normalized spacial score (nSPS) is 14.1. The van der Waals surface area contributed by atoms with E-state index in [1.165, 1.54) is 6.26 Å². The van der Waals surface area contributed by atoms with Crippen molar-refractivity contribution in [3.8, 4) is 0 Å². The highest BCUT2D eigenvalue weighted by Crippen LogP contribution is 2.32. The van der Waals surface area contributed by atoms with E-state index in [1.807, 2.05) is 0 Å². The first-order valence-corrected chi connectivity index (χ1v) is 5.19. The van der Waals surface area contributed by atoms with Gasteiger partial charge in [0.2, 0.25) is 5.16 Å². The molecule has 0 saturated carbocycles. The zero-order valence-corrected chi connectivity index (χ0v) is 8.37. The molecule has 3 nitrogen and oxygen atoms in total. The number of hydrogen-bond donors (Lipinski definition) is 0. The summed E-state index contributed by atoms with van der Waals surface area (Å²) in [5, 5.41) is -0.992. The van der Waals surface area contributed by atoms with Crippen molar-refractivity contribution in [3.05, 3.63) is 16.9 Å². The van der Waals surface area contributed by atoms with E-state index in [0.717, 1.165) is 6.20 Å². The zero-order valence-electron chi connectivity index (χ0n) is 6.80. The van der Waals surface area contributed by atoms with Gasteiger partial charge in [0, 0.05) is 6.26 Å². The van der Waals surface area contributed by atoms with Crippen LogP contribution in [0, 0.1) is 0 Å². The molecule has 0 saturated heterocycles. The molecule has 78 valence electrons. The fraction of sp³-hybridized carbons (Fsp3) is 0.333. The molecule has 0 fully saturated rings. The lowest BCUT2D eigenvalue weighted by atomic mass is 10.4. The molecule has 1 heterocycles. The number of halogens is 4. The van der Waals surface area contributed by atoms with Gasteiger partial charge in [0.05, 0.1) is 22.0 Å². The molecule has 1 aromatic rings. The largest absolute Gasteiger partial charge is 0.434 e. The van der Waals surface area contributed by atoms with Gasteiger partial charge in [0.15, 0.2) is 5.69 Å². The van der Waals surface area contributed by atoms with Crippen LogP contribution in [0.15, 0.2) is 11.4 Å². The molecule has 1 aromatic heterocycles. The van der Waals surface area contributed by atoms with Gasteiger partial charge in [-0.25, -0.2) is 9.97 Å². The molecule has 0 radical (unpaired) electrons. The fourth-order valence-electron chi connectivity index (χ4n) is 0.688. The van der Waals surface area contributed by atoms with Gasteiger partial charge in [-0.15, -0.1) is 0 Å². The van der Waals surface area contributed by atoms with Crippen LogP contribution < -0.4 is 0 Å². The number of nitrogens with zero attached hydrogens (tertiary/aromatic N) is 2. The summed E-state index contributed by atoms with van der Waals surface area (Å²) in [6.07, 6.45) is -2.69. The van der Waals surface area contributed by atoms with Crippen molar-refractivity contribution < 1.29 is 17.4 Å². The average Bonchev–Trinajstić information content (AvgIpc) is 2.02. The van der Waals surface area contributed by atoms with E-state index >= 15 is 0 Å². The van der Waals surface area contributed by atoms with E-state index in [4.69, 9.17) is 11.6 Å². The van der Waals surface area contributed by atoms with Crippen molar-refractivity contribution in [3.63, 3.8) is 0 Å². The number of aromatic nitrogens is 2. The quantitative estimate of drug-likeness (QED) is 0.709. The summed E-state index contributed by atoms with van der Waals surface area (Å²) >= 11 is 5.24. The molecule has 0 aliphatic rings. The Kier molecular flexibility index (Phi) is 3.10. The van der Waals surface area contributed by atoms with Crippen molar-refractivity contribution in [1.29, 1.82) is 0 Å². The first-order valence-electron chi connectivity index (χ1n) is 3.25. The zero-order chi connectivity index (χ0) is 10.9.